The van der Waals surface area contributed by atoms with Gasteiger partial charge in [-0.15, -0.1) is 23.4 Å². The van der Waals surface area contributed by atoms with Crippen LogP contribution in [0.2, 0.25) is 0 Å². The molecule has 184 valence electrons. The zero-order valence-corrected chi connectivity index (χ0v) is 17.7. The average Bonchev–Trinajstić information content (AvgIpc) is 3.23. The molecule has 34 heavy (non-hydrogen) atoms. The molecule has 1 fully saturated rings. The van der Waals surface area contributed by atoms with Gasteiger partial charge < -0.3 is 15.2 Å². The number of nitrogens with one attached hydrogen (secondary N) is 1. The van der Waals surface area contributed by atoms with E-state index in [1.165, 1.54) is 0 Å². The van der Waals surface area contributed by atoms with Crippen LogP contribution in [0.25, 0.3) is 16.8 Å². The maximum Gasteiger partial charge on any atom is 0.573 e. The van der Waals surface area contributed by atoms with Crippen molar-refractivity contribution in [3.8, 4) is 17.0 Å². The molecule has 1 aromatic carbocycles. The summed E-state index contributed by atoms with van der Waals surface area (Å²) in [6.45, 7) is 2.10. The van der Waals surface area contributed by atoms with Crippen molar-refractivity contribution in [3.05, 3.63) is 42.1 Å². The summed E-state index contributed by atoms with van der Waals surface area (Å²) in [5.74, 6) is -0.683. The first kappa shape index (κ1) is 24.1. The molecule has 7 nitrogen and oxygen atoms in total. The van der Waals surface area contributed by atoms with Crippen molar-refractivity contribution in [1.82, 2.24) is 19.5 Å². The molecule has 2 aromatic heterocycles. The maximum absolute atomic E-state index is 13.1. The first-order valence-corrected chi connectivity index (χ1v) is 10.5. The van der Waals surface area contributed by atoms with Crippen molar-refractivity contribution in [2.45, 2.75) is 31.4 Å². The van der Waals surface area contributed by atoms with E-state index in [9.17, 15) is 26.3 Å². The topological polar surface area (TPSA) is 74.9 Å². The Morgan fingerprint density at radius 1 is 1.12 bits per heavy atom. The molecular weight excluding hydrogens is 468 g/mol. The van der Waals surface area contributed by atoms with Crippen LogP contribution in [0.1, 0.15) is 18.4 Å². The minimum absolute atomic E-state index is 0.00115. The van der Waals surface area contributed by atoms with E-state index in [0.29, 0.717) is 36.7 Å². The van der Waals surface area contributed by atoms with Gasteiger partial charge in [0.05, 0.1) is 17.7 Å². The van der Waals surface area contributed by atoms with Crippen LogP contribution in [0, 0.1) is 0 Å². The number of piperidine rings is 1. The first-order valence-electron chi connectivity index (χ1n) is 10.5. The molecule has 2 N–H and O–H groups in total. The van der Waals surface area contributed by atoms with Crippen LogP contribution in [-0.2, 0) is 6.18 Å². The van der Waals surface area contributed by atoms with Crippen molar-refractivity contribution >= 4 is 11.5 Å². The van der Waals surface area contributed by atoms with Gasteiger partial charge in [0, 0.05) is 30.9 Å². The van der Waals surface area contributed by atoms with E-state index < -0.39 is 23.9 Å². The fourth-order valence-electron chi connectivity index (χ4n) is 4.05. The molecule has 13 heteroatoms. The Morgan fingerprint density at radius 3 is 2.62 bits per heavy atom. The Morgan fingerprint density at radius 2 is 1.91 bits per heavy atom. The van der Waals surface area contributed by atoms with Crippen molar-refractivity contribution in [2.24, 2.45) is 0 Å². The van der Waals surface area contributed by atoms with E-state index in [2.05, 4.69) is 25.2 Å². The number of rotatable bonds is 6. The lowest BCUT2D eigenvalue weighted by atomic mass is 10.1. The van der Waals surface area contributed by atoms with Crippen LogP contribution in [-0.4, -0.2) is 63.2 Å². The summed E-state index contributed by atoms with van der Waals surface area (Å²) in [6.07, 6.45) is -6.68. The van der Waals surface area contributed by atoms with Gasteiger partial charge in [-0.25, -0.2) is 0 Å². The molecule has 1 saturated heterocycles. The molecule has 3 aromatic rings. The van der Waals surface area contributed by atoms with Crippen molar-refractivity contribution in [2.75, 3.05) is 31.6 Å². The van der Waals surface area contributed by atoms with E-state index in [1.807, 2.05) is 0 Å². The minimum Gasteiger partial charge on any atom is -0.405 e. The molecule has 4 rings (SSSR count). The average molecular weight is 489 g/mol. The molecule has 1 aliphatic rings. The summed E-state index contributed by atoms with van der Waals surface area (Å²) in [5.41, 5.74) is -1.28. The molecular formula is C21H21F6N5O2. The highest BCUT2D eigenvalue weighted by Gasteiger charge is 2.36. The quantitative estimate of drug-likeness (QED) is 0.506. The molecule has 0 saturated carbocycles. The summed E-state index contributed by atoms with van der Waals surface area (Å²) in [7, 11) is 0. The predicted molar refractivity (Wildman–Crippen MR) is 110 cm³/mol. The molecule has 0 spiro atoms. The third kappa shape index (κ3) is 5.36. The Bertz CT molecular complexity index is 1140. The number of benzene rings is 1. The highest BCUT2D eigenvalue weighted by atomic mass is 19.4. The number of ether oxygens (including phenoxy) is 1. The second-order valence-electron chi connectivity index (χ2n) is 7.90. The second-order valence-corrected chi connectivity index (χ2v) is 7.90. The summed E-state index contributed by atoms with van der Waals surface area (Å²) >= 11 is 0. The summed E-state index contributed by atoms with van der Waals surface area (Å²) in [6, 6.07) is 5.06. The fraction of sp³-hybridized carbons (Fsp3) is 0.429. The number of aliphatic hydroxyl groups excluding tert-OH is 1. The lowest BCUT2D eigenvalue weighted by Gasteiger charge is -2.32. The van der Waals surface area contributed by atoms with E-state index in [4.69, 9.17) is 5.11 Å². The molecule has 0 aliphatic carbocycles. The van der Waals surface area contributed by atoms with Crippen LogP contribution in [0.5, 0.6) is 5.75 Å². The zero-order valence-electron chi connectivity index (χ0n) is 17.7. The Balaban J connectivity index is 1.70. The number of fused-ring (bicyclic) bond motifs is 1. The van der Waals surface area contributed by atoms with Gasteiger partial charge >= 0.3 is 12.5 Å². The maximum atomic E-state index is 13.1. The van der Waals surface area contributed by atoms with Gasteiger partial charge in [-0.1, -0.05) is 0 Å². The molecule has 0 radical (unpaired) electrons. The van der Waals surface area contributed by atoms with Gasteiger partial charge in [0.15, 0.2) is 0 Å². The predicted octanol–water partition coefficient (Wildman–Crippen LogP) is 4.18. The van der Waals surface area contributed by atoms with E-state index >= 15 is 0 Å². The lowest BCUT2D eigenvalue weighted by Crippen LogP contribution is -2.43. The van der Waals surface area contributed by atoms with E-state index in [0.717, 1.165) is 25.5 Å². The van der Waals surface area contributed by atoms with Crippen molar-refractivity contribution < 1.29 is 36.2 Å². The Labute approximate surface area is 190 Å². The van der Waals surface area contributed by atoms with Crippen molar-refractivity contribution in [1.29, 1.82) is 0 Å². The highest BCUT2D eigenvalue weighted by Crippen LogP contribution is 2.40. The molecule has 3 heterocycles. The number of anilines is 1. The van der Waals surface area contributed by atoms with Gasteiger partial charge in [-0.05, 0) is 49.7 Å². The highest BCUT2D eigenvalue weighted by molar-refractivity contribution is 5.81. The standard InChI is InChI=1S/C21H21F6N5O2/c22-20(23,24)13-5-6-15(17(11-13)34-21(25,26)27)18-16-4-2-8-32(16)19(30-29-18)28-14-3-1-7-31(12-14)9-10-33/h2,4-6,8,11,14,33H,1,3,7,9-10,12H2,(H,28,30). The molecule has 1 aliphatic heterocycles. The number of aromatic nitrogens is 3. The summed E-state index contributed by atoms with van der Waals surface area (Å²) in [4.78, 5) is 2.10. The normalized spacial score (nSPS) is 17.8. The van der Waals surface area contributed by atoms with Crippen LogP contribution in [0.4, 0.5) is 32.3 Å². The minimum atomic E-state index is -5.20. The van der Waals surface area contributed by atoms with Crippen molar-refractivity contribution in [3.63, 3.8) is 0 Å². The lowest BCUT2D eigenvalue weighted by molar-refractivity contribution is -0.274. The monoisotopic (exact) mass is 489 g/mol. The Hall–Kier alpha value is -3.06. The number of β-amino-alcohol motifs (C(OH)–C–C–N with tert-alkyl or cyclic N) is 1. The molecule has 1 atom stereocenters. The zero-order chi connectivity index (χ0) is 24.5. The number of halogens is 6. The molecule has 1 unspecified atom stereocenters. The number of hydrogen-bond donors (Lipinski definition) is 2. The van der Waals surface area contributed by atoms with Gasteiger partial charge in [0.1, 0.15) is 11.4 Å². The van der Waals surface area contributed by atoms with Crippen LogP contribution in [0.15, 0.2) is 36.5 Å². The number of likely N-dealkylation sites (tertiary alicyclic amines) is 1. The number of hydrogen-bond acceptors (Lipinski definition) is 6. The Kier molecular flexibility index (Phi) is 6.58. The van der Waals surface area contributed by atoms with Crippen LogP contribution < -0.4 is 10.1 Å². The smallest absolute Gasteiger partial charge is 0.405 e. The molecule has 0 amide bonds. The SMILES string of the molecule is OCCN1CCCC(Nc2nnc(-c3ccc(C(F)(F)F)cc3OC(F)(F)F)c3cccn23)C1. The third-order valence-electron chi connectivity index (χ3n) is 5.51. The van der Waals surface area contributed by atoms with Gasteiger partial charge in [0.25, 0.3) is 0 Å². The number of alkyl halides is 6. The third-order valence-corrected chi connectivity index (χ3v) is 5.51. The van der Waals surface area contributed by atoms with Gasteiger partial charge in [0.2, 0.25) is 5.95 Å². The largest absolute Gasteiger partial charge is 0.573 e. The molecule has 0 bridgehead atoms. The fourth-order valence-corrected chi connectivity index (χ4v) is 4.05. The van der Waals surface area contributed by atoms with Gasteiger partial charge in [-0.3, -0.25) is 9.30 Å². The van der Waals surface area contributed by atoms with Crippen LogP contribution >= 0.6 is 0 Å². The van der Waals surface area contributed by atoms with Gasteiger partial charge in [-0.2, -0.15) is 13.2 Å². The number of nitrogens with zero attached hydrogens (tertiary/aromatic N) is 4. The first-order chi connectivity index (χ1) is 16.0. The van der Waals surface area contributed by atoms with E-state index in [-0.39, 0.29) is 23.9 Å². The van der Waals surface area contributed by atoms with E-state index in [1.54, 1.807) is 22.7 Å². The summed E-state index contributed by atoms with van der Waals surface area (Å²) in [5, 5.41) is 20.6. The summed E-state index contributed by atoms with van der Waals surface area (Å²) < 4.78 is 83.6. The number of aliphatic hydroxyl groups is 1. The van der Waals surface area contributed by atoms with Crippen LogP contribution in [0.3, 0.4) is 0 Å². The second kappa shape index (κ2) is 9.29.